The summed E-state index contributed by atoms with van der Waals surface area (Å²) < 4.78 is 34.0. The number of rotatable bonds is 6. The Kier molecular flexibility index (Phi) is 7.92. The van der Waals surface area contributed by atoms with Gasteiger partial charge in [0.2, 0.25) is 0 Å². The van der Waals surface area contributed by atoms with Crippen molar-refractivity contribution in [3.8, 4) is 5.75 Å². The van der Waals surface area contributed by atoms with Gasteiger partial charge in [0.1, 0.15) is 5.75 Å². The minimum Gasteiger partial charge on any atom is -0.496 e. The lowest BCUT2D eigenvalue weighted by Crippen LogP contribution is -2.34. The predicted octanol–water partition coefficient (Wildman–Crippen LogP) is 4.84. The number of nitrogens with one attached hydrogen (secondary N) is 3. The van der Waals surface area contributed by atoms with Crippen LogP contribution in [0.3, 0.4) is 0 Å². The van der Waals surface area contributed by atoms with Gasteiger partial charge in [-0.25, -0.2) is 8.42 Å². The van der Waals surface area contributed by atoms with Crippen LogP contribution in [0.5, 0.6) is 5.75 Å². The van der Waals surface area contributed by atoms with E-state index in [4.69, 9.17) is 17.0 Å². The molecule has 0 unspecified atom stereocenters. The maximum atomic E-state index is 12.7. The quantitative estimate of drug-likeness (QED) is 0.279. The van der Waals surface area contributed by atoms with Gasteiger partial charge in [-0.3, -0.25) is 14.8 Å². The van der Waals surface area contributed by atoms with E-state index in [1.165, 1.54) is 12.1 Å². The van der Waals surface area contributed by atoms with E-state index >= 15 is 0 Å². The third kappa shape index (κ3) is 6.42. The second-order valence-corrected chi connectivity index (χ2v) is 10.5. The molecule has 3 aromatic rings. The van der Waals surface area contributed by atoms with Gasteiger partial charge in [0.25, 0.3) is 15.9 Å². The van der Waals surface area contributed by atoms with Crippen LogP contribution < -0.4 is 20.1 Å². The molecule has 0 saturated heterocycles. The summed E-state index contributed by atoms with van der Waals surface area (Å²) in [5.74, 6) is 0.305. The zero-order valence-corrected chi connectivity index (χ0v) is 21.9. The van der Waals surface area contributed by atoms with Gasteiger partial charge < -0.3 is 10.1 Å². The van der Waals surface area contributed by atoms with E-state index in [0.29, 0.717) is 22.7 Å². The number of aryl methyl sites for hydroxylation is 2. The van der Waals surface area contributed by atoms with Crippen LogP contribution in [0.1, 0.15) is 21.5 Å². The first-order valence-corrected chi connectivity index (χ1v) is 12.7. The Morgan fingerprint density at radius 2 is 1.70 bits per heavy atom. The van der Waals surface area contributed by atoms with Crippen molar-refractivity contribution in [1.82, 2.24) is 5.32 Å². The van der Waals surface area contributed by atoms with Crippen LogP contribution in [0.4, 0.5) is 11.4 Å². The molecule has 0 aliphatic carbocycles. The Hall–Kier alpha value is -2.70. The number of carbonyl (C=O) groups excluding carboxylic acids is 1. The number of hydrogen-bond acceptors (Lipinski definition) is 5. The fourth-order valence-electron chi connectivity index (χ4n) is 2.99. The van der Waals surface area contributed by atoms with Crippen LogP contribution in [0, 0.1) is 17.4 Å². The van der Waals surface area contributed by atoms with Crippen LogP contribution in [0.25, 0.3) is 0 Å². The molecule has 0 spiro atoms. The molecule has 7 nitrogen and oxygen atoms in total. The third-order valence-electron chi connectivity index (χ3n) is 4.69. The van der Waals surface area contributed by atoms with E-state index < -0.39 is 10.0 Å². The normalized spacial score (nSPS) is 10.9. The topological polar surface area (TPSA) is 96.5 Å². The fraction of sp³-hybridized carbons (Fsp3) is 0.130. The van der Waals surface area contributed by atoms with E-state index in [-0.39, 0.29) is 15.9 Å². The Morgan fingerprint density at radius 1 is 1.00 bits per heavy atom. The molecule has 0 heterocycles. The molecule has 3 aromatic carbocycles. The van der Waals surface area contributed by atoms with Crippen molar-refractivity contribution in [2.24, 2.45) is 0 Å². The van der Waals surface area contributed by atoms with E-state index in [1.807, 2.05) is 26.0 Å². The number of halogens is 1. The summed E-state index contributed by atoms with van der Waals surface area (Å²) in [6.45, 7) is 3.79. The van der Waals surface area contributed by atoms with Gasteiger partial charge in [-0.15, -0.1) is 0 Å². The number of anilines is 2. The molecular weight excluding hydrogens is 573 g/mol. The molecule has 0 aromatic heterocycles. The van der Waals surface area contributed by atoms with Crippen LogP contribution in [0.15, 0.2) is 65.6 Å². The Bertz CT molecular complexity index is 1310. The highest BCUT2D eigenvalue weighted by molar-refractivity contribution is 14.1. The van der Waals surface area contributed by atoms with Crippen molar-refractivity contribution >= 4 is 67.2 Å². The summed E-state index contributed by atoms with van der Waals surface area (Å²) in [6, 6.07) is 16.6. The van der Waals surface area contributed by atoms with Crippen LogP contribution >= 0.6 is 34.8 Å². The van der Waals surface area contributed by atoms with Crippen molar-refractivity contribution in [3.05, 3.63) is 80.9 Å². The molecule has 0 fully saturated rings. The van der Waals surface area contributed by atoms with Gasteiger partial charge in [0.05, 0.1) is 21.3 Å². The lowest BCUT2D eigenvalue weighted by atomic mass is 10.1. The maximum Gasteiger partial charge on any atom is 0.261 e. The number of ether oxygens (including phenoxy) is 1. The van der Waals surface area contributed by atoms with Crippen molar-refractivity contribution < 1.29 is 17.9 Å². The number of sulfonamides is 1. The van der Waals surface area contributed by atoms with Crippen molar-refractivity contribution in [3.63, 3.8) is 0 Å². The lowest BCUT2D eigenvalue weighted by molar-refractivity contribution is 0.0977. The molecule has 0 atom stereocenters. The molecule has 10 heteroatoms. The molecule has 172 valence electrons. The highest BCUT2D eigenvalue weighted by Crippen LogP contribution is 2.23. The number of carbonyl (C=O) groups is 1. The van der Waals surface area contributed by atoms with Gasteiger partial charge in [-0.05, 0) is 103 Å². The van der Waals surface area contributed by atoms with Crippen LogP contribution in [-0.4, -0.2) is 26.5 Å². The van der Waals surface area contributed by atoms with Crippen molar-refractivity contribution in [1.29, 1.82) is 0 Å². The summed E-state index contributed by atoms with van der Waals surface area (Å²) in [7, 11) is -2.19. The van der Waals surface area contributed by atoms with Crippen molar-refractivity contribution in [2.45, 2.75) is 18.7 Å². The number of hydrogen-bond donors (Lipinski definition) is 3. The van der Waals surface area contributed by atoms with Gasteiger partial charge in [-0.2, -0.15) is 0 Å². The first-order chi connectivity index (χ1) is 15.6. The van der Waals surface area contributed by atoms with Crippen molar-refractivity contribution in [2.75, 3.05) is 17.1 Å². The lowest BCUT2D eigenvalue weighted by Gasteiger charge is -2.13. The third-order valence-corrected chi connectivity index (χ3v) is 7.12. The van der Waals surface area contributed by atoms with Gasteiger partial charge in [-0.1, -0.05) is 17.7 Å². The highest BCUT2D eigenvalue weighted by Gasteiger charge is 2.16. The summed E-state index contributed by atoms with van der Waals surface area (Å²) in [5.41, 5.74) is 3.39. The largest absolute Gasteiger partial charge is 0.496 e. The first kappa shape index (κ1) is 24.9. The molecule has 0 aliphatic heterocycles. The smallest absolute Gasteiger partial charge is 0.261 e. The van der Waals surface area contributed by atoms with E-state index in [2.05, 4.69) is 37.9 Å². The minimum absolute atomic E-state index is 0.0924. The average Bonchev–Trinajstić information content (AvgIpc) is 2.76. The molecule has 3 N–H and O–H groups in total. The fourth-order valence-corrected chi connectivity index (χ4v) is 5.07. The molecule has 3 rings (SSSR count). The summed E-state index contributed by atoms with van der Waals surface area (Å²) in [5, 5.41) is 5.58. The number of thiocarbonyl (C=S) groups is 1. The number of amides is 1. The average molecular weight is 595 g/mol. The Labute approximate surface area is 212 Å². The molecule has 0 aliphatic rings. The van der Waals surface area contributed by atoms with E-state index in [1.54, 1.807) is 43.5 Å². The molecule has 0 radical (unpaired) electrons. The minimum atomic E-state index is -3.75. The first-order valence-electron chi connectivity index (χ1n) is 9.75. The van der Waals surface area contributed by atoms with E-state index in [0.717, 1.165) is 14.7 Å². The Morgan fingerprint density at radius 3 is 2.30 bits per heavy atom. The zero-order chi connectivity index (χ0) is 24.2. The molecule has 0 saturated carbocycles. The summed E-state index contributed by atoms with van der Waals surface area (Å²) >= 11 is 7.29. The predicted molar refractivity (Wildman–Crippen MR) is 143 cm³/mol. The summed E-state index contributed by atoms with van der Waals surface area (Å²) in [4.78, 5) is 12.5. The standard InChI is InChI=1S/C23H22IN3O4S2/c1-14-4-10-20(15(2)12-14)27-33(29,30)18-8-6-17(7-9-18)25-23(32)26-22(28)16-5-11-21(31-3)19(24)13-16/h4-13,27H,1-3H3,(H2,25,26,28,32). The van der Waals surface area contributed by atoms with Gasteiger partial charge in [0, 0.05) is 11.3 Å². The maximum absolute atomic E-state index is 12.7. The Balaban J connectivity index is 1.64. The molecule has 0 bridgehead atoms. The van der Waals surface area contributed by atoms with Gasteiger partial charge >= 0.3 is 0 Å². The second-order valence-electron chi connectivity index (χ2n) is 7.21. The molecular formula is C23H22IN3O4S2. The summed E-state index contributed by atoms with van der Waals surface area (Å²) in [6.07, 6.45) is 0. The SMILES string of the molecule is COc1ccc(C(=O)NC(=S)Nc2ccc(S(=O)(=O)Nc3ccc(C)cc3C)cc2)cc1I. The van der Waals surface area contributed by atoms with E-state index in [9.17, 15) is 13.2 Å². The number of methoxy groups -OCH3 is 1. The molecule has 33 heavy (non-hydrogen) atoms. The van der Waals surface area contributed by atoms with Crippen LogP contribution in [-0.2, 0) is 10.0 Å². The van der Waals surface area contributed by atoms with Gasteiger partial charge in [0.15, 0.2) is 5.11 Å². The molecule has 1 amide bonds. The number of benzene rings is 3. The monoisotopic (exact) mass is 595 g/mol. The highest BCUT2D eigenvalue weighted by atomic mass is 127. The second kappa shape index (κ2) is 10.5. The van der Waals surface area contributed by atoms with Crippen LogP contribution in [0.2, 0.25) is 0 Å². The zero-order valence-electron chi connectivity index (χ0n) is 18.1.